The van der Waals surface area contributed by atoms with Crippen molar-refractivity contribution in [1.82, 2.24) is 4.90 Å². The van der Waals surface area contributed by atoms with Gasteiger partial charge in [0.2, 0.25) is 11.8 Å². The topological polar surface area (TPSA) is 65.8 Å². The lowest BCUT2D eigenvalue weighted by atomic mass is 9.94. The van der Waals surface area contributed by atoms with Gasteiger partial charge in [-0.1, -0.05) is 50.0 Å². The first-order chi connectivity index (χ1) is 17.1. The van der Waals surface area contributed by atoms with Crippen LogP contribution in [0.2, 0.25) is 10.0 Å². The summed E-state index contributed by atoms with van der Waals surface area (Å²) < 4.78 is 5.79. The minimum atomic E-state index is -0.361. The number of hydrogen-bond donors (Lipinski definition) is 1. The normalized spacial score (nSPS) is 14.4. The van der Waals surface area contributed by atoms with Crippen LogP contribution in [0.4, 0.5) is 11.4 Å². The van der Waals surface area contributed by atoms with Crippen molar-refractivity contribution in [2.24, 2.45) is 5.41 Å². The standard InChI is InChI=1S/C28H29Cl2N3O3/c1-28(2,3)27(35)33-17-15-32(16-18-33)20-9-7-19(8-10-20)31-25(34)14-12-21-11-13-24(36-21)22-5-4-6-23(29)26(22)30/h4-14H,15-18H2,1-3H3,(H,31,34)/b14-12+. The third-order valence-corrected chi connectivity index (χ3v) is 6.77. The van der Waals surface area contributed by atoms with E-state index >= 15 is 0 Å². The number of carbonyl (C=O) groups is 2. The molecule has 0 atom stereocenters. The molecular formula is C28H29Cl2N3O3. The maximum Gasteiger partial charge on any atom is 0.248 e. The molecule has 36 heavy (non-hydrogen) atoms. The van der Waals surface area contributed by atoms with Crippen LogP contribution in [0.15, 0.2) is 65.1 Å². The van der Waals surface area contributed by atoms with Crippen molar-refractivity contribution in [3.05, 3.63) is 76.5 Å². The van der Waals surface area contributed by atoms with Gasteiger partial charge in [-0.3, -0.25) is 9.59 Å². The molecule has 2 heterocycles. The Morgan fingerprint density at radius 3 is 2.31 bits per heavy atom. The monoisotopic (exact) mass is 525 g/mol. The van der Waals surface area contributed by atoms with Crippen molar-refractivity contribution in [2.45, 2.75) is 20.8 Å². The molecule has 188 valence electrons. The van der Waals surface area contributed by atoms with E-state index < -0.39 is 0 Å². The van der Waals surface area contributed by atoms with Gasteiger partial charge in [-0.05, 0) is 54.6 Å². The average Bonchev–Trinajstić information content (AvgIpc) is 3.33. The van der Waals surface area contributed by atoms with Crippen LogP contribution in [-0.2, 0) is 9.59 Å². The molecule has 4 rings (SSSR count). The van der Waals surface area contributed by atoms with E-state index in [2.05, 4.69) is 10.2 Å². The molecular weight excluding hydrogens is 497 g/mol. The summed E-state index contributed by atoms with van der Waals surface area (Å²) in [5.74, 6) is 1.01. The van der Waals surface area contributed by atoms with Gasteiger partial charge >= 0.3 is 0 Å². The van der Waals surface area contributed by atoms with Gasteiger partial charge in [0.1, 0.15) is 11.5 Å². The molecule has 0 spiro atoms. The number of furan rings is 1. The van der Waals surface area contributed by atoms with Gasteiger partial charge in [-0.25, -0.2) is 0 Å². The van der Waals surface area contributed by atoms with Crippen molar-refractivity contribution < 1.29 is 14.0 Å². The molecule has 1 N–H and O–H groups in total. The van der Waals surface area contributed by atoms with Crippen LogP contribution in [0.5, 0.6) is 0 Å². The van der Waals surface area contributed by atoms with Crippen LogP contribution < -0.4 is 10.2 Å². The van der Waals surface area contributed by atoms with Gasteiger partial charge in [-0.15, -0.1) is 0 Å². The molecule has 0 radical (unpaired) electrons. The first-order valence-electron chi connectivity index (χ1n) is 11.8. The Morgan fingerprint density at radius 2 is 1.64 bits per heavy atom. The molecule has 1 saturated heterocycles. The zero-order chi connectivity index (χ0) is 25.9. The number of nitrogens with one attached hydrogen (secondary N) is 1. The van der Waals surface area contributed by atoms with Gasteiger partial charge in [0, 0.05) is 54.6 Å². The smallest absolute Gasteiger partial charge is 0.248 e. The zero-order valence-corrected chi connectivity index (χ0v) is 22.1. The minimum absolute atomic E-state index is 0.187. The second-order valence-electron chi connectivity index (χ2n) is 9.70. The fraction of sp³-hybridized carbons (Fsp3) is 0.286. The van der Waals surface area contributed by atoms with E-state index in [1.54, 1.807) is 30.3 Å². The zero-order valence-electron chi connectivity index (χ0n) is 20.6. The van der Waals surface area contributed by atoms with E-state index in [1.807, 2.05) is 56.0 Å². The van der Waals surface area contributed by atoms with Crippen LogP contribution in [-0.4, -0.2) is 42.9 Å². The van der Waals surface area contributed by atoms with Gasteiger partial charge in [0.25, 0.3) is 0 Å². The third-order valence-electron chi connectivity index (χ3n) is 5.95. The Hall–Kier alpha value is -3.22. The Labute approximate surface area is 221 Å². The second-order valence-corrected chi connectivity index (χ2v) is 10.5. The quantitative estimate of drug-likeness (QED) is 0.381. The highest BCUT2D eigenvalue weighted by molar-refractivity contribution is 6.43. The predicted molar refractivity (Wildman–Crippen MR) is 147 cm³/mol. The summed E-state index contributed by atoms with van der Waals surface area (Å²) in [5, 5.41) is 3.73. The largest absolute Gasteiger partial charge is 0.457 e. The molecule has 1 aromatic heterocycles. The first-order valence-corrected chi connectivity index (χ1v) is 12.5. The van der Waals surface area contributed by atoms with Gasteiger partial charge < -0.3 is 19.5 Å². The highest BCUT2D eigenvalue weighted by Gasteiger charge is 2.29. The molecule has 1 aliphatic rings. The average molecular weight is 526 g/mol. The number of halogens is 2. The molecule has 1 fully saturated rings. The van der Waals surface area contributed by atoms with Crippen LogP contribution in [0.25, 0.3) is 17.4 Å². The lowest BCUT2D eigenvalue weighted by Gasteiger charge is -2.38. The van der Waals surface area contributed by atoms with Gasteiger partial charge in [-0.2, -0.15) is 0 Å². The Bertz CT molecular complexity index is 1270. The van der Waals surface area contributed by atoms with Crippen molar-refractivity contribution in [2.75, 3.05) is 36.4 Å². The SMILES string of the molecule is CC(C)(C)C(=O)N1CCN(c2ccc(NC(=O)/C=C/c3ccc(-c4cccc(Cl)c4Cl)o3)cc2)CC1. The summed E-state index contributed by atoms with van der Waals surface area (Å²) in [4.78, 5) is 29.1. The number of rotatable bonds is 5. The molecule has 0 saturated carbocycles. The second kappa shape index (κ2) is 10.8. The molecule has 2 aromatic carbocycles. The van der Waals surface area contributed by atoms with Crippen molar-refractivity contribution in [3.8, 4) is 11.3 Å². The molecule has 3 aromatic rings. The Morgan fingerprint density at radius 1 is 0.944 bits per heavy atom. The Balaban J connectivity index is 1.31. The van der Waals surface area contributed by atoms with Crippen molar-refractivity contribution >= 4 is 52.5 Å². The molecule has 6 nitrogen and oxygen atoms in total. The highest BCUT2D eigenvalue weighted by atomic mass is 35.5. The van der Waals surface area contributed by atoms with E-state index in [9.17, 15) is 9.59 Å². The number of piperazine rings is 1. The van der Waals surface area contributed by atoms with Crippen LogP contribution in [0.3, 0.4) is 0 Å². The third kappa shape index (κ3) is 6.12. The molecule has 1 aliphatic heterocycles. The molecule has 0 aliphatic carbocycles. The molecule has 0 bridgehead atoms. The van der Waals surface area contributed by atoms with Gasteiger partial charge in [0.15, 0.2) is 0 Å². The van der Waals surface area contributed by atoms with E-state index in [1.165, 1.54) is 6.08 Å². The van der Waals surface area contributed by atoms with Crippen molar-refractivity contribution in [3.63, 3.8) is 0 Å². The first kappa shape index (κ1) is 25.9. The lowest BCUT2D eigenvalue weighted by molar-refractivity contribution is -0.139. The summed E-state index contributed by atoms with van der Waals surface area (Å²) in [6.07, 6.45) is 3.02. The molecule has 8 heteroatoms. The number of amides is 2. The summed E-state index contributed by atoms with van der Waals surface area (Å²) >= 11 is 12.3. The predicted octanol–water partition coefficient (Wildman–Crippen LogP) is 6.60. The van der Waals surface area contributed by atoms with Crippen LogP contribution >= 0.6 is 23.2 Å². The fourth-order valence-corrected chi connectivity index (χ4v) is 4.41. The van der Waals surface area contributed by atoms with E-state index in [-0.39, 0.29) is 17.2 Å². The van der Waals surface area contributed by atoms with E-state index in [0.717, 1.165) is 18.8 Å². The maximum absolute atomic E-state index is 12.5. The number of nitrogens with zero attached hydrogens (tertiary/aromatic N) is 2. The fourth-order valence-electron chi connectivity index (χ4n) is 4.02. The number of hydrogen-bond acceptors (Lipinski definition) is 4. The number of anilines is 2. The minimum Gasteiger partial charge on any atom is -0.457 e. The van der Waals surface area contributed by atoms with E-state index in [4.69, 9.17) is 27.6 Å². The van der Waals surface area contributed by atoms with Gasteiger partial charge in [0.05, 0.1) is 10.0 Å². The summed E-state index contributed by atoms with van der Waals surface area (Å²) in [6.45, 7) is 8.82. The van der Waals surface area contributed by atoms with Crippen LogP contribution in [0.1, 0.15) is 26.5 Å². The van der Waals surface area contributed by atoms with E-state index in [0.29, 0.717) is 45.9 Å². The molecule has 2 amide bonds. The van der Waals surface area contributed by atoms with Crippen LogP contribution in [0, 0.1) is 5.41 Å². The summed E-state index contributed by atoms with van der Waals surface area (Å²) in [7, 11) is 0. The maximum atomic E-state index is 12.5. The molecule has 0 unspecified atom stereocenters. The Kier molecular flexibility index (Phi) is 7.76. The lowest BCUT2D eigenvalue weighted by Crippen LogP contribution is -2.51. The number of benzene rings is 2. The van der Waals surface area contributed by atoms with Crippen molar-refractivity contribution in [1.29, 1.82) is 0 Å². The summed E-state index contributed by atoms with van der Waals surface area (Å²) in [6, 6.07) is 16.6. The number of carbonyl (C=O) groups excluding carboxylic acids is 2. The highest BCUT2D eigenvalue weighted by Crippen LogP contribution is 2.34. The summed E-state index contributed by atoms with van der Waals surface area (Å²) in [5.41, 5.74) is 2.09.